The highest BCUT2D eigenvalue weighted by Gasteiger charge is 2.30. The van der Waals surface area contributed by atoms with E-state index in [2.05, 4.69) is 30.7 Å². The minimum Gasteiger partial charge on any atom is -0.342 e. The molecule has 1 saturated heterocycles. The molecule has 0 aromatic heterocycles. The predicted molar refractivity (Wildman–Crippen MR) is 115 cm³/mol. The lowest BCUT2D eigenvalue weighted by molar-refractivity contribution is -0.127. The topological polar surface area (TPSA) is 66.5 Å². The van der Waals surface area contributed by atoms with Crippen LogP contribution in [-0.2, 0) is 21.2 Å². The average Bonchev–Trinajstić information content (AvgIpc) is 3.10. The fourth-order valence-corrected chi connectivity index (χ4v) is 4.75. The molecule has 1 heterocycles. The van der Waals surface area contributed by atoms with Crippen molar-refractivity contribution >= 4 is 15.9 Å². The van der Waals surface area contributed by atoms with Crippen molar-refractivity contribution in [2.24, 2.45) is 5.92 Å². The smallest absolute Gasteiger partial charge is 0.240 e. The molecule has 1 aliphatic rings. The van der Waals surface area contributed by atoms with Crippen LogP contribution < -0.4 is 4.72 Å². The van der Waals surface area contributed by atoms with Gasteiger partial charge in [-0.1, -0.05) is 56.3 Å². The molecule has 29 heavy (non-hydrogen) atoms. The molecule has 0 spiro atoms. The van der Waals surface area contributed by atoms with Gasteiger partial charge in [-0.2, -0.15) is 0 Å². The molecule has 2 aromatic rings. The number of likely N-dealkylation sites (tertiary alicyclic amines) is 1. The third-order valence-corrected chi connectivity index (χ3v) is 7.18. The molecule has 1 aliphatic heterocycles. The van der Waals surface area contributed by atoms with Gasteiger partial charge in [0.25, 0.3) is 0 Å². The Morgan fingerprint density at radius 2 is 1.79 bits per heavy atom. The second kappa shape index (κ2) is 9.55. The summed E-state index contributed by atoms with van der Waals surface area (Å²) in [6, 6.07) is 17.2. The summed E-state index contributed by atoms with van der Waals surface area (Å²) in [7, 11) is -3.57. The first-order valence-corrected chi connectivity index (χ1v) is 11.8. The molecule has 1 N–H and O–H groups in total. The Morgan fingerprint density at radius 1 is 1.10 bits per heavy atom. The van der Waals surface area contributed by atoms with Crippen LogP contribution in [0.15, 0.2) is 59.5 Å². The first-order valence-electron chi connectivity index (χ1n) is 10.3. The van der Waals surface area contributed by atoms with Crippen molar-refractivity contribution in [1.29, 1.82) is 0 Å². The highest BCUT2D eigenvalue weighted by Crippen LogP contribution is 2.21. The van der Waals surface area contributed by atoms with Gasteiger partial charge in [0.1, 0.15) is 0 Å². The van der Waals surface area contributed by atoms with Gasteiger partial charge < -0.3 is 4.90 Å². The number of hydrogen-bond acceptors (Lipinski definition) is 3. The summed E-state index contributed by atoms with van der Waals surface area (Å²) in [5.41, 5.74) is 2.34. The van der Waals surface area contributed by atoms with E-state index in [0.29, 0.717) is 25.4 Å². The van der Waals surface area contributed by atoms with Gasteiger partial charge in [0.2, 0.25) is 15.9 Å². The third kappa shape index (κ3) is 5.67. The Bertz CT molecular complexity index is 911. The lowest BCUT2D eigenvalue weighted by atomic mass is 9.99. The summed E-state index contributed by atoms with van der Waals surface area (Å²) in [4.78, 5) is 14.4. The molecule has 0 saturated carbocycles. The Kier molecular flexibility index (Phi) is 7.09. The van der Waals surface area contributed by atoms with E-state index in [0.717, 1.165) is 18.4 Å². The van der Waals surface area contributed by atoms with Gasteiger partial charge in [-0.3, -0.25) is 4.79 Å². The molecule has 3 rings (SSSR count). The number of sulfonamides is 1. The van der Waals surface area contributed by atoms with E-state index in [1.807, 2.05) is 35.2 Å². The predicted octanol–water partition coefficient (Wildman–Crippen LogP) is 3.57. The number of amides is 1. The quantitative estimate of drug-likeness (QED) is 0.682. The van der Waals surface area contributed by atoms with E-state index in [4.69, 9.17) is 0 Å². The highest BCUT2D eigenvalue weighted by atomic mass is 32.2. The minimum absolute atomic E-state index is 0.00688. The van der Waals surface area contributed by atoms with Crippen LogP contribution in [0.25, 0.3) is 0 Å². The fraction of sp³-hybridized carbons (Fsp3) is 0.435. The van der Waals surface area contributed by atoms with Crippen LogP contribution in [-0.4, -0.2) is 38.9 Å². The average molecular weight is 415 g/mol. The molecular formula is C23H30N2O3S. The zero-order valence-electron chi connectivity index (χ0n) is 17.2. The Morgan fingerprint density at radius 3 is 2.45 bits per heavy atom. The van der Waals surface area contributed by atoms with Gasteiger partial charge in [-0.15, -0.1) is 0 Å². The Labute approximate surface area is 174 Å². The number of carbonyl (C=O) groups excluding carboxylic acids is 1. The second-order valence-corrected chi connectivity index (χ2v) is 9.64. The van der Waals surface area contributed by atoms with Crippen molar-refractivity contribution in [3.63, 3.8) is 0 Å². The van der Waals surface area contributed by atoms with Gasteiger partial charge in [-0.25, -0.2) is 13.1 Å². The van der Waals surface area contributed by atoms with Crippen LogP contribution >= 0.6 is 0 Å². The summed E-state index contributed by atoms with van der Waals surface area (Å²) >= 11 is 0. The molecule has 2 aromatic carbocycles. The maximum atomic E-state index is 12.6. The van der Waals surface area contributed by atoms with Crippen molar-refractivity contribution in [2.75, 3.05) is 19.6 Å². The summed E-state index contributed by atoms with van der Waals surface area (Å²) in [6.45, 7) is 5.79. The number of nitrogens with zero attached hydrogens (tertiary/aromatic N) is 1. The zero-order chi connectivity index (χ0) is 20.9. The first-order chi connectivity index (χ1) is 13.9. The molecule has 0 bridgehead atoms. The van der Waals surface area contributed by atoms with Crippen molar-refractivity contribution in [2.45, 2.75) is 43.9 Å². The van der Waals surface area contributed by atoms with Crippen LogP contribution in [0.4, 0.5) is 0 Å². The summed E-state index contributed by atoms with van der Waals surface area (Å²) in [5.74, 6) is 0.515. The maximum Gasteiger partial charge on any atom is 0.240 e. The van der Waals surface area contributed by atoms with Crippen molar-refractivity contribution in [3.05, 3.63) is 65.7 Å². The zero-order valence-corrected chi connectivity index (χ0v) is 18.0. The fourth-order valence-electron chi connectivity index (χ4n) is 3.64. The molecule has 0 radical (unpaired) electrons. The largest absolute Gasteiger partial charge is 0.342 e. The number of carbonyl (C=O) groups is 1. The first kappa shape index (κ1) is 21.5. The Hall–Kier alpha value is -2.18. The molecule has 0 aliphatic carbocycles. The third-order valence-electron chi connectivity index (χ3n) is 5.74. The van der Waals surface area contributed by atoms with Crippen LogP contribution in [0.1, 0.15) is 43.7 Å². The molecule has 156 valence electrons. The lowest BCUT2D eigenvalue weighted by Gasteiger charge is -2.17. The number of hydrogen-bond donors (Lipinski definition) is 1. The molecule has 6 heteroatoms. The number of benzene rings is 2. The van der Waals surface area contributed by atoms with Crippen molar-refractivity contribution in [3.8, 4) is 0 Å². The van der Waals surface area contributed by atoms with Crippen LogP contribution in [0.3, 0.4) is 0 Å². The van der Waals surface area contributed by atoms with Gasteiger partial charge in [-0.05, 0) is 47.9 Å². The molecular weight excluding hydrogens is 384 g/mol. The van der Waals surface area contributed by atoms with Crippen LogP contribution in [0.2, 0.25) is 0 Å². The van der Waals surface area contributed by atoms with E-state index >= 15 is 0 Å². The van der Waals surface area contributed by atoms with Crippen molar-refractivity contribution < 1.29 is 13.2 Å². The number of rotatable bonds is 9. The SMILES string of the molecule is CC[C@H](C)c1ccc(S(=O)(=O)NC[C@@H]2CC(=O)N(CCc3ccccc3)C2)cc1. The van der Waals surface area contributed by atoms with Gasteiger partial charge in [0, 0.05) is 26.1 Å². The summed E-state index contributed by atoms with van der Waals surface area (Å²) in [5, 5.41) is 0. The molecule has 1 amide bonds. The highest BCUT2D eigenvalue weighted by molar-refractivity contribution is 7.89. The van der Waals surface area contributed by atoms with Crippen LogP contribution in [0, 0.1) is 5.92 Å². The lowest BCUT2D eigenvalue weighted by Crippen LogP contribution is -2.32. The monoisotopic (exact) mass is 414 g/mol. The van der Waals surface area contributed by atoms with Gasteiger partial charge in [0.05, 0.1) is 4.90 Å². The molecule has 2 atom stereocenters. The van der Waals surface area contributed by atoms with Gasteiger partial charge in [0.15, 0.2) is 0 Å². The molecule has 5 nitrogen and oxygen atoms in total. The number of nitrogens with one attached hydrogen (secondary N) is 1. The van der Waals surface area contributed by atoms with E-state index in [1.54, 1.807) is 12.1 Å². The standard InChI is InChI=1S/C23H30N2O3S/c1-3-18(2)21-9-11-22(12-10-21)29(27,28)24-16-20-15-23(26)25(17-20)14-13-19-7-5-4-6-8-19/h4-12,18,20,24H,3,13-17H2,1-2H3/t18-,20-/m0/s1. The van der Waals surface area contributed by atoms with E-state index in [9.17, 15) is 13.2 Å². The van der Waals surface area contributed by atoms with E-state index < -0.39 is 10.0 Å². The summed E-state index contributed by atoms with van der Waals surface area (Å²) in [6.07, 6.45) is 2.22. The summed E-state index contributed by atoms with van der Waals surface area (Å²) < 4.78 is 27.9. The van der Waals surface area contributed by atoms with E-state index in [-0.39, 0.29) is 23.3 Å². The van der Waals surface area contributed by atoms with Crippen molar-refractivity contribution in [1.82, 2.24) is 9.62 Å². The molecule has 0 unspecified atom stereocenters. The van der Waals surface area contributed by atoms with Crippen LogP contribution in [0.5, 0.6) is 0 Å². The Balaban J connectivity index is 1.52. The van der Waals surface area contributed by atoms with E-state index in [1.165, 1.54) is 5.56 Å². The normalized spacial score (nSPS) is 18.2. The molecule has 1 fully saturated rings. The maximum absolute atomic E-state index is 12.6. The second-order valence-electron chi connectivity index (χ2n) is 7.88. The minimum atomic E-state index is -3.57. The van der Waals surface area contributed by atoms with Gasteiger partial charge >= 0.3 is 0 Å².